The molecule has 0 unspecified atom stereocenters. The van der Waals surface area contributed by atoms with Crippen LogP contribution in [0.4, 0.5) is 0 Å². The molecule has 2 saturated heterocycles. The molecular formula is C20H26N4O2. The average Bonchev–Trinajstić information content (AvgIpc) is 3.28. The van der Waals surface area contributed by atoms with Gasteiger partial charge in [0.15, 0.2) is 0 Å². The number of carbonyl (C=O) groups excluding carboxylic acids is 1. The monoisotopic (exact) mass is 354 g/mol. The summed E-state index contributed by atoms with van der Waals surface area (Å²) in [5.74, 6) is 1.68. The lowest BCUT2D eigenvalue weighted by molar-refractivity contribution is -0.119. The number of carbonyl (C=O) groups is 1. The quantitative estimate of drug-likeness (QED) is 0.774. The number of hydrogen-bond donors (Lipinski definition) is 1. The fourth-order valence-electron chi connectivity index (χ4n) is 3.93. The first-order valence-corrected chi connectivity index (χ1v) is 9.45. The number of benzene rings is 1. The second-order valence-electron chi connectivity index (χ2n) is 7.31. The molecule has 6 heteroatoms. The topological polar surface area (TPSA) is 59.4 Å². The van der Waals surface area contributed by atoms with Gasteiger partial charge in [-0.15, -0.1) is 0 Å². The molecule has 0 aliphatic carbocycles. The number of nitrogens with zero attached hydrogens (tertiary/aromatic N) is 3. The van der Waals surface area contributed by atoms with Gasteiger partial charge in [0.05, 0.1) is 12.9 Å². The maximum atomic E-state index is 11.5. The van der Waals surface area contributed by atoms with Gasteiger partial charge in [-0.25, -0.2) is 4.98 Å². The summed E-state index contributed by atoms with van der Waals surface area (Å²) in [5, 5.41) is 3.11. The van der Waals surface area contributed by atoms with Gasteiger partial charge in [0.1, 0.15) is 5.75 Å². The van der Waals surface area contributed by atoms with Crippen molar-refractivity contribution in [3.05, 3.63) is 48.5 Å². The molecule has 4 rings (SSSR count). The fourth-order valence-corrected chi connectivity index (χ4v) is 3.93. The third kappa shape index (κ3) is 4.25. The molecular weight excluding hydrogens is 328 g/mol. The minimum absolute atomic E-state index is 0.219. The number of piperidine rings is 1. The Hall–Kier alpha value is -2.34. The fraction of sp³-hybridized carbons (Fsp3) is 0.500. The number of likely N-dealkylation sites (tertiary alicyclic amines) is 1. The van der Waals surface area contributed by atoms with Crippen molar-refractivity contribution < 1.29 is 9.53 Å². The lowest BCUT2D eigenvalue weighted by Crippen LogP contribution is -2.46. The largest absolute Gasteiger partial charge is 0.494 e. The number of ether oxygens (including phenoxy) is 1. The molecule has 138 valence electrons. The first-order chi connectivity index (χ1) is 12.8. The maximum absolute atomic E-state index is 11.5. The first kappa shape index (κ1) is 17.1. The van der Waals surface area contributed by atoms with Crippen LogP contribution < -0.4 is 10.1 Å². The van der Waals surface area contributed by atoms with E-state index < -0.39 is 0 Å². The predicted octanol–water partition coefficient (Wildman–Crippen LogP) is 2.06. The van der Waals surface area contributed by atoms with Crippen LogP contribution in [0, 0.1) is 5.92 Å². The van der Waals surface area contributed by atoms with E-state index in [0.29, 0.717) is 25.0 Å². The Bertz CT molecular complexity index is 714. The van der Waals surface area contributed by atoms with Gasteiger partial charge in [0.2, 0.25) is 5.91 Å². The van der Waals surface area contributed by atoms with Gasteiger partial charge < -0.3 is 14.6 Å². The molecule has 0 radical (unpaired) electrons. The van der Waals surface area contributed by atoms with Gasteiger partial charge >= 0.3 is 0 Å². The van der Waals surface area contributed by atoms with Crippen molar-refractivity contribution in [2.24, 2.45) is 5.92 Å². The van der Waals surface area contributed by atoms with Crippen LogP contribution in [-0.2, 0) is 17.9 Å². The lowest BCUT2D eigenvalue weighted by Gasteiger charge is -2.34. The molecule has 2 aliphatic rings. The highest BCUT2D eigenvalue weighted by Crippen LogP contribution is 2.27. The van der Waals surface area contributed by atoms with Crippen LogP contribution in [0.15, 0.2) is 43.0 Å². The molecule has 0 spiro atoms. The summed E-state index contributed by atoms with van der Waals surface area (Å²) in [5.41, 5.74) is 1.29. The molecule has 26 heavy (non-hydrogen) atoms. The Morgan fingerprint density at radius 2 is 2.15 bits per heavy atom. The zero-order chi connectivity index (χ0) is 17.8. The van der Waals surface area contributed by atoms with Crippen molar-refractivity contribution in [3.63, 3.8) is 0 Å². The second-order valence-corrected chi connectivity index (χ2v) is 7.31. The molecule has 0 saturated carbocycles. The molecule has 1 N–H and O–H groups in total. The molecule has 1 aromatic heterocycles. The number of amides is 1. The zero-order valence-electron chi connectivity index (χ0n) is 15.0. The number of nitrogens with one attached hydrogen (secondary N) is 1. The van der Waals surface area contributed by atoms with E-state index in [1.807, 2.05) is 12.5 Å². The van der Waals surface area contributed by atoms with E-state index in [0.717, 1.165) is 44.8 Å². The average molecular weight is 354 g/mol. The van der Waals surface area contributed by atoms with Gasteiger partial charge in [-0.1, -0.05) is 12.1 Å². The lowest BCUT2D eigenvalue weighted by atomic mass is 9.92. The molecule has 1 amide bonds. The molecule has 1 aromatic carbocycles. The Morgan fingerprint density at radius 1 is 1.27 bits per heavy atom. The molecule has 0 bridgehead atoms. The van der Waals surface area contributed by atoms with Gasteiger partial charge in [0.25, 0.3) is 0 Å². The Labute approximate surface area is 154 Å². The van der Waals surface area contributed by atoms with Crippen LogP contribution in [0.3, 0.4) is 0 Å². The van der Waals surface area contributed by atoms with Gasteiger partial charge in [-0.3, -0.25) is 9.69 Å². The van der Waals surface area contributed by atoms with Gasteiger partial charge in [-0.2, -0.15) is 0 Å². The van der Waals surface area contributed by atoms with Crippen molar-refractivity contribution in [1.29, 1.82) is 0 Å². The third-order valence-corrected chi connectivity index (χ3v) is 5.35. The number of fused-ring (bicyclic) bond motifs is 1. The number of hydrogen-bond acceptors (Lipinski definition) is 4. The van der Waals surface area contributed by atoms with Gasteiger partial charge in [-0.05, 0) is 43.0 Å². The molecule has 2 aromatic rings. The smallest absolute Gasteiger partial charge is 0.220 e. The number of aromatic nitrogens is 2. The van der Waals surface area contributed by atoms with Crippen LogP contribution >= 0.6 is 0 Å². The van der Waals surface area contributed by atoms with E-state index in [9.17, 15) is 4.79 Å². The number of aryl methyl sites for hydroxylation is 1. The van der Waals surface area contributed by atoms with Crippen molar-refractivity contribution >= 4 is 5.91 Å². The second kappa shape index (κ2) is 7.91. The van der Waals surface area contributed by atoms with Crippen LogP contribution in [0.1, 0.15) is 24.8 Å². The van der Waals surface area contributed by atoms with Gasteiger partial charge in [0, 0.05) is 44.5 Å². The van der Waals surface area contributed by atoms with E-state index in [-0.39, 0.29) is 5.91 Å². The van der Waals surface area contributed by atoms with Crippen LogP contribution in [0.2, 0.25) is 0 Å². The van der Waals surface area contributed by atoms with Crippen molar-refractivity contribution in [2.45, 2.75) is 38.4 Å². The highest BCUT2D eigenvalue weighted by Gasteiger charge is 2.36. The van der Waals surface area contributed by atoms with Crippen LogP contribution in [0.5, 0.6) is 5.75 Å². The number of imidazole rings is 1. The summed E-state index contributed by atoms with van der Waals surface area (Å²) in [7, 11) is 0. The molecule has 6 nitrogen and oxygen atoms in total. The predicted molar refractivity (Wildman–Crippen MR) is 98.7 cm³/mol. The third-order valence-electron chi connectivity index (χ3n) is 5.35. The normalized spacial score (nSPS) is 22.8. The Morgan fingerprint density at radius 3 is 2.96 bits per heavy atom. The highest BCUT2D eigenvalue weighted by atomic mass is 16.5. The SMILES string of the molecule is O=C1C[C@H]2CCN(Cc3ccc(OCCCn4ccnc4)cc3)C[C@H]2N1. The maximum Gasteiger partial charge on any atom is 0.220 e. The van der Waals surface area contributed by atoms with E-state index in [1.165, 1.54) is 5.56 Å². The summed E-state index contributed by atoms with van der Waals surface area (Å²) >= 11 is 0. The van der Waals surface area contributed by atoms with Crippen LogP contribution in [0.25, 0.3) is 0 Å². The highest BCUT2D eigenvalue weighted by molar-refractivity contribution is 5.79. The molecule has 2 aliphatic heterocycles. The first-order valence-electron chi connectivity index (χ1n) is 9.45. The molecule has 3 heterocycles. The standard InChI is InChI=1S/C20H26N4O2/c25-20-12-17-6-9-24(14-19(17)22-20)13-16-2-4-18(5-3-16)26-11-1-8-23-10-7-21-15-23/h2-5,7,10,15,17,19H,1,6,8-9,11-14H2,(H,22,25)/t17-,19-/m1/s1. The van der Waals surface area contributed by atoms with E-state index in [2.05, 4.69) is 44.0 Å². The number of rotatable bonds is 7. The van der Waals surface area contributed by atoms with E-state index >= 15 is 0 Å². The summed E-state index contributed by atoms with van der Waals surface area (Å²) in [6.07, 6.45) is 8.37. The van der Waals surface area contributed by atoms with Crippen molar-refractivity contribution in [1.82, 2.24) is 19.8 Å². The Balaban J connectivity index is 1.21. The summed E-state index contributed by atoms with van der Waals surface area (Å²) in [4.78, 5) is 18.0. The minimum atomic E-state index is 0.219. The van der Waals surface area contributed by atoms with Crippen LogP contribution in [-0.4, -0.2) is 46.1 Å². The Kier molecular flexibility index (Phi) is 5.20. The molecule has 2 atom stereocenters. The minimum Gasteiger partial charge on any atom is -0.494 e. The summed E-state index contributed by atoms with van der Waals surface area (Å²) in [6, 6.07) is 8.73. The van der Waals surface area contributed by atoms with Crippen molar-refractivity contribution in [2.75, 3.05) is 19.7 Å². The summed E-state index contributed by atoms with van der Waals surface area (Å²) in [6.45, 7) is 4.59. The molecule has 2 fully saturated rings. The zero-order valence-corrected chi connectivity index (χ0v) is 15.0. The van der Waals surface area contributed by atoms with E-state index in [1.54, 1.807) is 6.20 Å². The van der Waals surface area contributed by atoms with E-state index in [4.69, 9.17) is 4.74 Å². The summed E-state index contributed by atoms with van der Waals surface area (Å²) < 4.78 is 7.88. The van der Waals surface area contributed by atoms with Crippen molar-refractivity contribution in [3.8, 4) is 5.75 Å².